The number of hydrogen-bond acceptors (Lipinski definition) is 5. The third-order valence-corrected chi connectivity index (χ3v) is 6.48. The number of ether oxygens (including phenoxy) is 1. The lowest BCUT2D eigenvalue weighted by Crippen LogP contribution is -2.17. The van der Waals surface area contributed by atoms with E-state index >= 15 is 0 Å². The van der Waals surface area contributed by atoms with Crippen LogP contribution in [0.5, 0.6) is 0 Å². The Balaban J connectivity index is 1.89. The third-order valence-electron chi connectivity index (χ3n) is 4.20. The largest absolute Gasteiger partial charge is 0.376 e. The number of hydrogen-bond donors (Lipinski definition) is 1. The summed E-state index contributed by atoms with van der Waals surface area (Å²) in [5.74, 6) is 1.28. The lowest BCUT2D eigenvalue weighted by atomic mass is 9.97. The van der Waals surface area contributed by atoms with Crippen molar-refractivity contribution in [3.8, 4) is 0 Å². The molecule has 0 saturated heterocycles. The zero-order chi connectivity index (χ0) is 18.5. The number of thioether (sulfide) groups is 1. The van der Waals surface area contributed by atoms with Crippen LogP contribution in [0.25, 0.3) is 0 Å². The minimum absolute atomic E-state index is 0.0269. The van der Waals surface area contributed by atoms with Crippen molar-refractivity contribution in [1.82, 2.24) is 0 Å². The summed E-state index contributed by atoms with van der Waals surface area (Å²) in [5, 5.41) is 3.63. The molecule has 1 N–H and O–H groups in total. The molecule has 6 heteroatoms. The monoisotopic (exact) mass is 389 g/mol. The number of amides is 1. The Bertz CT molecular complexity index is 796. The highest BCUT2D eigenvalue weighted by Crippen LogP contribution is 2.38. The molecule has 1 aromatic heterocycles. The van der Waals surface area contributed by atoms with E-state index in [1.165, 1.54) is 11.3 Å². The molecule has 138 valence electrons. The molecule has 0 fully saturated rings. The van der Waals surface area contributed by atoms with Crippen LogP contribution >= 0.6 is 23.1 Å². The van der Waals surface area contributed by atoms with Crippen LogP contribution in [0.4, 0.5) is 5.00 Å². The fourth-order valence-corrected chi connectivity index (χ4v) is 4.77. The average molecular weight is 390 g/mol. The smallest absolute Gasteiger partial charge is 0.234 e. The Morgan fingerprint density at radius 3 is 2.77 bits per heavy atom. The van der Waals surface area contributed by atoms with Crippen LogP contribution in [0.3, 0.4) is 0 Å². The van der Waals surface area contributed by atoms with Gasteiger partial charge in [0, 0.05) is 10.4 Å². The lowest BCUT2D eigenvalue weighted by molar-refractivity contribution is -0.113. The minimum atomic E-state index is -0.0547. The van der Waals surface area contributed by atoms with Gasteiger partial charge in [0.25, 0.3) is 0 Å². The average Bonchev–Trinajstić information content (AvgIpc) is 2.99. The van der Waals surface area contributed by atoms with E-state index in [2.05, 4.69) is 12.2 Å². The van der Waals surface area contributed by atoms with Gasteiger partial charge in [-0.1, -0.05) is 36.8 Å². The van der Waals surface area contributed by atoms with Crippen LogP contribution < -0.4 is 5.32 Å². The summed E-state index contributed by atoms with van der Waals surface area (Å²) >= 11 is 3.08. The van der Waals surface area contributed by atoms with Gasteiger partial charge < -0.3 is 10.1 Å². The predicted octanol–water partition coefficient (Wildman–Crippen LogP) is 4.44. The third kappa shape index (κ3) is 4.37. The Hall–Kier alpha value is -1.63. The maximum absolute atomic E-state index is 13.2. The number of rotatable bonds is 7. The van der Waals surface area contributed by atoms with Crippen LogP contribution in [0.15, 0.2) is 24.3 Å². The topological polar surface area (TPSA) is 55.4 Å². The van der Waals surface area contributed by atoms with Crippen LogP contribution in [0, 0.1) is 6.92 Å². The van der Waals surface area contributed by atoms with Crippen molar-refractivity contribution in [3.05, 3.63) is 51.4 Å². The number of fused-ring (bicyclic) bond motifs is 1. The number of anilines is 1. The summed E-state index contributed by atoms with van der Waals surface area (Å²) in [5.41, 5.74) is 3.44. The Labute approximate surface area is 162 Å². The van der Waals surface area contributed by atoms with Gasteiger partial charge in [0.05, 0.1) is 24.5 Å². The maximum Gasteiger partial charge on any atom is 0.234 e. The van der Waals surface area contributed by atoms with Crippen molar-refractivity contribution < 1.29 is 14.3 Å². The molecule has 1 amide bonds. The Morgan fingerprint density at radius 2 is 2.04 bits per heavy atom. The van der Waals surface area contributed by atoms with Crippen molar-refractivity contribution in [2.45, 2.75) is 33.3 Å². The van der Waals surface area contributed by atoms with Crippen LogP contribution in [-0.2, 0) is 22.6 Å². The number of ketones is 1. The van der Waals surface area contributed by atoms with Crippen molar-refractivity contribution >= 4 is 39.8 Å². The zero-order valence-corrected chi connectivity index (χ0v) is 16.7. The second-order valence-corrected chi connectivity index (χ2v) is 8.52. The molecule has 2 aromatic rings. The first-order valence-electron chi connectivity index (χ1n) is 8.81. The molecule has 0 saturated carbocycles. The maximum atomic E-state index is 13.2. The second-order valence-electron chi connectivity index (χ2n) is 6.31. The quantitative estimate of drug-likeness (QED) is 0.562. The number of aryl methyl sites for hydroxylation is 1. The lowest BCUT2D eigenvalue weighted by Gasteiger charge is -2.13. The van der Waals surface area contributed by atoms with Gasteiger partial charge in [0.15, 0.2) is 5.78 Å². The van der Waals surface area contributed by atoms with Gasteiger partial charge >= 0.3 is 0 Å². The summed E-state index contributed by atoms with van der Waals surface area (Å²) in [7, 11) is 0. The molecule has 2 heterocycles. The summed E-state index contributed by atoms with van der Waals surface area (Å²) in [6, 6.07) is 7.58. The molecule has 1 aliphatic heterocycles. The van der Waals surface area contributed by atoms with Gasteiger partial charge in [-0.3, -0.25) is 9.59 Å². The van der Waals surface area contributed by atoms with E-state index in [9.17, 15) is 9.59 Å². The van der Waals surface area contributed by atoms with Crippen LogP contribution in [-0.4, -0.2) is 29.8 Å². The van der Waals surface area contributed by atoms with E-state index in [-0.39, 0.29) is 11.7 Å². The minimum Gasteiger partial charge on any atom is -0.376 e. The molecular formula is C20H23NO3S2. The number of carbonyl (C=O) groups excluding carboxylic acids is 2. The number of thiophene rings is 1. The molecule has 0 unspecified atom stereocenters. The Kier molecular flexibility index (Phi) is 6.51. The van der Waals surface area contributed by atoms with Crippen molar-refractivity contribution in [1.29, 1.82) is 0 Å². The zero-order valence-electron chi connectivity index (χ0n) is 15.1. The fraction of sp³-hybridized carbons (Fsp3) is 0.400. The van der Waals surface area contributed by atoms with Crippen molar-refractivity contribution in [2.75, 3.05) is 23.4 Å². The van der Waals surface area contributed by atoms with Gasteiger partial charge in [-0.15, -0.1) is 11.3 Å². The number of benzene rings is 1. The van der Waals surface area contributed by atoms with Gasteiger partial charge in [-0.05, 0) is 31.1 Å². The number of carbonyl (C=O) groups is 2. The van der Waals surface area contributed by atoms with E-state index in [4.69, 9.17) is 4.74 Å². The predicted molar refractivity (Wildman–Crippen MR) is 109 cm³/mol. The molecule has 0 bridgehead atoms. The highest BCUT2D eigenvalue weighted by atomic mass is 32.2. The standard InChI is InChI=1S/C20H23NO3S2/c1-3-10-25-12-17(22)21-20-18(15-8-9-24-11-16(15)26-20)19(23)14-6-4-13(2)5-7-14/h4-7H,3,8-12H2,1-2H3,(H,21,22). The molecule has 3 rings (SSSR count). The Morgan fingerprint density at radius 1 is 1.27 bits per heavy atom. The molecule has 0 atom stereocenters. The van der Waals surface area contributed by atoms with Crippen molar-refractivity contribution in [2.24, 2.45) is 0 Å². The van der Waals surface area contributed by atoms with E-state index < -0.39 is 0 Å². The second kappa shape index (κ2) is 8.84. The van der Waals surface area contributed by atoms with E-state index in [1.54, 1.807) is 11.8 Å². The first-order chi connectivity index (χ1) is 12.6. The molecule has 1 aromatic carbocycles. The molecule has 0 radical (unpaired) electrons. The highest BCUT2D eigenvalue weighted by Gasteiger charge is 2.27. The first kappa shape index (κ1) is 19.1. The molecule has 0 aliphatic carbocycles. The summed E-state index contributed by atoms with van der Waals surface area (Å²) in [6.45, 7) is 5.21. The molecular weight excluding hydrogens is 366 g/mol. The van der Waals surface area contributed by atoms with Gasteiger partial charge in [0.1, 0.15) is 5.00 Å². The van der Waals surface area contributed by atoms with E-state index in [1.807, 2.05) is 31.2 Å². The SMILES string of the molecule is CCCSCC(=O)Nc1sc2c(c1C(=O)c1ccc(C)cc1)CCOC2. The van der Waals surface area contributed by atoms with Crippen LogP contribution in [0.1, 0.15) is 45.3 Å². The van der Waals surface area contributed by atoms with E-state index in [0.717, 1.165) is 28.2 Å². The van der Waals surface area contributed by atoms with Gasteiger partial charge in [0.2, 0.25) is 5.91 Å². The van der Waals surface area contributed by atoms with Gasteiger partial charge in [-0.25, -0.2) is 0 Å². The molecule has 26 heavy (non-hydrogen) atoms. The summed E-state index contributed by atoms with van der Waals surface area (Å²) in [4.78, 5) is 26.5. The summed E-state index contributed by atoms with van der Waals surface area (Å²) < 4.78 is 5.53. The molecule has 1 aliphatic rings. The van der Waals surface area contributed by atoms with Crippen LogP contribution in [0.2, 0.25) is 0 Å². The first-order valence-corrected chi connectivity index (χ1v) is 10.8. The molecule has 0 spiro atoms. The summed E-state index contributed by atoms with van der Waals surface area (Å²) in [6.07, 6.45) is 1.75. The normalized spacial score (nSPS) is 13.3. The molecule has 4 nitrogen and oxygen atoms in total. The number of nitrogens with one attached hydrogen (secondary N) is 1. The highest BCUT2D eigenvalue weighted by molar-refractivity contribution is 7.99. The van der Waals surface area contributed by atoms with Gasteiger partial charge in [-0.2, -0.15) is 11.8 Å². The fourth-order valence-electron chi connectivity index (χ4n) is 2.88. The van der Waals surface area contributed by atoms with Crippen molar-refractivity contribution in [3.63, 3.8) is 0 Å². The van der Waals surface area contributed by atoms with E-state index in [0.29, 0.717) is 41.5 Å².